The molecule has 1 saturated heterocycles. The van der Waals surface area contributed by atoms with E-state index in [4.69, 9.17) is 5.11 Å². The summed E-state index contributed by atoms with van der Waals surface area (Å²) in [5.41, 5.74) is 1.64. The Hall–Kier alpha value is -1.68. The number of nitrogens with zero attached hydrogens (tertiary/aromatic N) is 1. The molecular weight excluding hydrogens is 206 g/mol. The van der Waals surface area contributed by atoms with Crippen LogP contribution in [0.3, 0.4) is 0 Å². The third-order valence-corrected chi connectivity index (χ3v) is 2.65. The van der Waals surface area contributed by atoms with Crippen molar-refractivity contribution in [3.63, 3.8) is 0 Å². The first-order chi connectivity index (χ1) is 7.72. The summed E-state index contributed by atoms with van der Waals surface area (Å²) in [4.78, 5) is 24.3. The topological polar surface area (TPSA) is 57.6 Å². The van der Waals surface area contributed by atoms with E-state index in [1.165, 1.54) is 4.90 Å². The number of benzene rings is 1. The van der Waals surface area contributed by atoms with Crippen molar-refractivity contribution in [2.45, 2.75) is 12.8 Å². The van der Waals surface area contributed by atoms with Gasteiger partial charge in [-0.25, -0.2) is 0 Å². The minimum Gasteiger partial charge on any atom is -0.396 e. The Labute approximate surface area is 93.5 Å². The smallest absolute Gasteiger partial charge is 0.234 e. The Bertz CT molecular complexity index is 428. The Morgan fingerprint density at radius 1 is 1.25 bits per heavy atom. The molecule has 1 aromatic carbocycles. The Morgan fingerprint density at radius 2 is 2.00 bits per heavy atom. The predicted octanol–water partition coefficient (Wildman–Crippen LogP) is 0.527. The molecule has 1 amide bonds. The van der Waals surface area contributed by atoms with Gasteiger partial charge in [0.2, 0.25) is 5.91 Å². The molecule has 2 rings (SSSR count). The highest BCUT2D eigenvalue weighted by Crippen LogP contribution is 2.24. The summed E-state index contributed by atoms with van der Waals surface area (Å²) in [5, 5.41) is 8.93. The van der Waals surface area contributed by atoms with Crippen molar-refractivity contribution in [3.8, 4) is 0 Å². The first kappa shape index (κ1) is 10.8. The first-order valence-corrected chi connectivity index (χ1v) is 5.23. The van der Waals surface area contributed by atoms with E-state index >= 15 is 0 Å². The molecule has 16 heavy (non-hydrogen) atoms. The molecular formula is C12H13NO3. The standard InChI is InChI=1S/C12H13NO3/c14-6-5-9-3-1-2-4-11(9)13-8-10(15)7-12(13)16/h1-4,14H,5-8H2. The molecule has 1 aliphatic heterocycles. The van der Waals surface area contributed by atoms with Gasteiger partial charge in [0, 0.05) is 12.3 Å². The van der Waals surface area contributed by atoms with Crippen LogP contribution in [0.5, 0.6) is 0 Å². The fourth-order valence-corrected chi connectivity index (χ4v) is 1.91. The van der Waals surface area contributed by atoms with Gasteiger partial charge in [-0.3, -0.25) is 9.59 Å². The van der Waals surface area contributed by atoms with Crippen molar-refractivity contribution in [1.29, 1.82) is 0 Å². The lowest BCUT2D eigenvalue weighted by Gasteiger charge is -2.18. The molecule has 0 unspecified atom stereocenters. The zero-order valence-electron chi connectivity index (χ0n) is 8.85. The van der Waals surface area contributed by atoms with Gasteiger partial charge in [0.25, 0.3) is 0 Å². The maximum absolute atomic E-state index is 11.6. The van der Waals surface area contributed by atoms with E-state index in [1.807, 2.05) is 24.3 Å². The number of hydrogen-bond acceptors (Lipinski definition) is 3. The maximum atomic E-state index is 11.6. The van der Waals surface area contributed by atoms with Crippen molar-refractivity contribution >= 4 is 17.4 Å². The number of carbonyl (C=O) groups is 2. The number of anilines is 1. The molecule has 1 heterocycles. The van der Waals surface area contributed by atoms with E-state index in [0.29, 0.717) is 6.42 Å². The normalized spacial score (nSPS) is 15.9. The molecule has 0 spiro atoms. The molecule has 0 atom stereocenters. The van der Waals surface area contributed by atoms with E-state index in [0.717, 1.165) is 11.3 Å². The summed E-state index contributed by atoms with van der Waals surface area (Å²) in [6.07, 6.45) is 0.488. The van der Waals surface area contributed by atoms with Crippen molar-refractivity contribution < 1.29 is 14.7 Å². The molecule has 4 heteroatoms. The van der Waals surface area contributed by atoms with Gasteiger partial charge >= 0.3 is 0 Å². The van der Waals surface area contributed by atoms with Gasteiger partial charge in [-0.15, -0.1) is 0 Å². The predicted molar refractivity (Wildman–Crippen MR) is 59.2 cm³/mol. The van der Waals surface area contributed by atoms with Crippen molar-refractivity contribution in [2.75, 3.05) is 18.1 Å². The number of aliphatic hydroxyl groups excluding tert-OH is 1. The van der Waals surface area contributed by atoms with Crippen LogP contribution in [0.2, 0.25) is 0 Å². The molecule has 0 radical (unpaired) electrons. The second-order valence-electron chi connectivity index (χ2n) is 3.80. The number of para-hydroxylation sites is 1. The van der Waals surface area contributed by atoms with E-state index in [9.17, 15) is 9.59 Å². The average Bonchev–Trinajstić information content (AvgIpc) is 2.59. The highest BCUT2D eigenvalue weighted by Gasteiger charge is 2.29. The van der Waals surface area contributed by atoms with Gasteiger partial charge in [0.05, 0.1) is 13.0 Å². The van der Waals surface area contributed by atoms with Crippen LogP contribution in [0.25, 0.3) is 0 Å². The first-order valence-electron chi connectivity index (χ1n) is 5.23. The number of carbonyl (C=O) groups excluding carboxylic acids is 2. The van der Waals surface area contributed by atoms with Crippen molar-refractivity contribution in [1.82, 2.24) is 0 Å². The number of amides is 1. The van der Waals surface area contributed by atoms with Crippen molar-refractivity contribution in [3.05, 3.63) is 29.8 Å². The largest absolute Gasteiger partial charge is 0.396 e. The molecule has 1 aromatic rings. The molecule has 0 saturated carbocycles. The van der Waals surface area contributed by atoms with E-state index in [2.05, 4.69) is 0 Å². The van der Waals surface area contributed by atoms with Crippen LogP contribution in [0.15, 0.2) is 24.3 Å². The minimum atomic E-state index is -0.157. The fourth-order valence-electron chi connectivity index (χ4n) is 1.91. The third kappa shape index (κ3) is 1.97. The molecule has 0 aromatic heterocycles. The van der Waals surface area contributed by atoms with Gasteiger partial charge in [-0.1, -0.05) is 18.2 Å². The summed E-state index contributed by atoms with van der Waals surface area (Å²) in [6.45, 7) is 0.189. The van der Waals surface area contributed by atoms with Gasteiger partial charge in [0.15, 0.2) is 5.78 Å². The molecule has 4 nitrogen and oxygen atoms in total. The van der Waals surface area contributed by atoms with Crippen LogP contribution in [0.4, 0.5) is 5.69 Å². The monoisotopic (exact) mass is 219 g/mol. The fraction of sp³-hybridized carbons (Fsp3) is 0.333. The van der Waals surface area contributed by atoms with Gasteiger partial charge < -0.3 is 10.0 Å². The number of ketones is 1. The highest BCUT2D eigenvalue weighted by atomic mass is 16.3. The summed E-state index contributed by atoms with van der Waals surface area (Å²) in [6, 6.07) is 7.35. The quantitative estimate of drug-likeness (QED) is 0.754. The van der Waals surface area contributed by atoms with Crippen LogP contribution in [0.1, 0.15) is 12.0 Å². The maximum Gasteiger partial charge on any atom is 0.234 e. The second-order valence-corrected chi connectivity index (χ2v) is 3.80. The highest BCUT2D eigenvalue weighted by molar-refractivity contribution is 6.15. The van der Waals surface area contributed by atoms with Crippen LogP contribution in [0, 0.1) is 0 Å². The number of aliphatic hydroxyl groups is 1. The second kappa shape index (κ2) is 4.45. The molecule has 0 aliphatic carbocycles. The lowest BCUT2D eigenvalue weighted by molar-refractivity contribution is -0.121. The number of hydrogen-bond donors (Lipinski definition) is 1. The zero-order chi connectivity index (χ0) is 11.5. The third-order valence-electron chi connectivity index (χ3n) is 2.65. The summed E-state index contributed by atoms with van der Waals surface area (Å²) >= 11 is 0. The van der Waals surface area contributed by atoms with E-state index in [-0.39, 0.29) is 31.3 Å². The summed E-state index contributed by atoms with van der Waals surface area (Å²) < 4.78 is 0. The zero-order valence-corrected chi connectivity index (χ0v) is 8.85. The van der Waals surface area contributed by atoms with Crippen LogP contribution in [-0.2, 0) is 16.0 Å². The average molecular weight is 219 g/mol. The molecule has 1 aliphatic rings. The SMILES string of the molecule is O=C1CC(=O)N(c2ccccc2CCO)C1. The van der Waals surface area contributed by atoms with Gasteiger partial charge in [0.1, 0.15) is 0 Å². The lowest BCUT2D eigenvalue weighted by Crippen LogP contribution is -2.25. The summed E-state index contributed by atoms with van der Waals surface area (Å²) in [5.74, 6) is -0.209. The summed E-state index contributed by atoms with van der Waals surface area (Å²) in [7, 11) is 0. The Balaban J connectivity index is 2.32. The van der Waals surface area contributed by atoms with E-state index in [1.54, 1.807) is 0 Å². The van der Waals surface area contributed by atoms with Gasteiger partial charge in [-0.2, -0.15) is 0 Å². The van der Waals surface area contributed by atoms with E-state index < -0.39 is 0 Å². The van der Waals surface area contributed by atoms with Crippen LogP contribution in [-0.4, -0.2) is 29.9 Å². The number of rotatable bonds is 3. The lowest BCUT2D eigenvalue weighted by atomic mass is 10.1. The molecule has 0 bridgehead atoms. The van der Waals surface area contributed by atoms with Gasteiger partial charge in [-0.05, 0) is 18.1 Å². The number of Topliss-reactive ketones (excluding diaryl/α,β-unsaturated/α-hetero) is 1. The Kier molecular flexibility index (Phi) is 3.01. The Morgan fingerprint density at radius 3 is 2.62 bits per heavy atom. The van der Waals surface area contributed by atoms with Crippen LogP contribution < -0.4 is 4.90 Å². The molecule has 84 valence electrons. The van der Waals surface area contributed by atoms with Crippen LogP contribution >= 0.6 is 0 Å². The molecule has 1 N–H and O–H groups in total. The van der Waals surface area contributed by atoms with Crippen molar-refractivity contribution in [2.24, 2.45) is 0 Å². The minimum absolute atomic E-state index is 0.00649. The molecule has 1 fully saturated rings.